The summed E-state index contributed by atoms with van der Waals surface area (Å²) >= 11 is 0. The maximum Gasteiger partial charge on any atom is 0.232 e. The van der Waals surface area contributed by atoms with Gasteiger partial charge < -0.3 is 20.3 Å². The molecule has 0 aromatic carbocycles. The van der Waals surface area contributed by atoms with E-state index < -0.39 is 0 Å². The van der Waals surface area contributed by atoms with Crippen LogP contribution in [0.5, 0.6) is 0 Å². The van der Waals surface area contributed by atoms with Crippen LogP contribution < -0.4 is 15.5 Å². The molecule has 0 saturated carbocycles. The standard InChI is InChI=1S/C14H24N6O/c1-2-21-11-6-5-9-20(10-11)14-17-12(15)16-13(18-14)19-7-3-4-8-19/h11H,2-10H2,1H3,(H2,15,16,17,18). The zero-order valence-corrected chi connectivity index (χ0v) is 12.7. The summed E-state index contributed by atoms with van der Waals surface area (Å²) in [6, 6.07) is 0. The summed E-state index contributed by atoms with van der Waals surface area (Å²) in [5.41, 5.74) is 5.88. The first-order valence-electron chi connectivity index (χ1n) is 7.89. The Hall–Kier alpha value is -1.63. The van der Waals surface area contributed by atoms with Crippen LogP contribution >= 0.6 is 0 Å². The van der Waals surface area contributed by atoms with E-state index in [2.05, 4.69) is 24.8 Å². The van der Waals surface area contributed by atoms with Crippen molar-refractivity contribution in [2.45, 2.75) is 38.7 Å². The van der Waals surface area contributed by atoms with Crippen LogP contribution in [0.2, 0.25) is 0 Å². The fourth-order valence-electron chi connectivity index (χ4n) is 3.06. The molecular weight excluding hydrogens is 268 g/mol. The van der Waals surface area contributed by atoms with Gasteiger partial charge in [-0.3, -0.25) is 0 Å². The minimum atomic E-state index is 0.261. The van der Waals surface area contributed by atoms with E-state index in [1.165, 1.54) is 12.8 Å². The molecule has 1 aromatic rings. The quantitative estimate of drug-likeness (QED) is 0.888. The summed E-state index contributed by atoms with van der Waals surface area (Å²) in [6.45, 7) is 6.57. The number of hydrogen-bond donors (Lipinski definition) is 1. The second-order valence-corrected chi connectivity index (χ2v) is 5.65. The second kappa shape index (κ2) is 6.43. The van der Waals surface area contributed by atoms with Crippen LogP contribution in [0.4, 0.5) is 17.8 Å². The fourth-order valence-corrected chi connectivity index (χ4v) is 3.06. The Morgan fingerprint density at radius 3 is 2.43 bits per heavy atom. The lowest BCUT2D eigenvalue weighted by atomic mass is 10.1. The molecule has 2 saturated heterocycles. The van der Waals surface area contributed by atoms with Crippen molar-refractivity contribution in [3.63, 3.8) is 0 Å². The van der Waals surface area contributed by atoms with Gasteiger partial charge >= 0.3 is 0 Å². The molecule has 0 amide bonds. The van der Waals surface area contributed by atoms with Crippen LogP contribution in [0.25, 0.3) is 0 Å². The molecule has 116 valence electrons. The molecule has 2 aliphatic rings. The summed E-state index contributed by atoms with van der Waals surface area (Å²) in [6.07, 6.45) is 4.84. The number of anilines is 3. The highest BCUT2D eigenvalue weighted by molar-refractivity contribution is 5.44. The molecule has 3 heterocycles. The van der Waals surface area contributed by atoms with Crippen LogP contribution in [0.3, 0.4) is 0 Å². The smallest absolute Gasteiger partial charge is 0.232 e. The van der Waals surface area contributed by atoms with E-state index >= 15 is 0 Å². The zero-order valence-electron chi connectivity index (χ0n) is 12.7. The minimum Gasteiger partial charge on any atom is -0.377 e. The lowest BCUT2D eigenvalue weighted by Gasteiger charge is -2.32. The van der Waals surface area contributed by atoms with Gasteiger partial charge in [0.1, 0.15) is 0 Å². The number of piperidine rings is 1. The SMILES string of the molecule is CCOC1CCCN(c2nc(N)nc(N3CCCC3)n2)C1. The lowest BCUT2D eigenvalue weighted by molar-refractivity contribution is 0.0523. The van der Waals surface area contributed by atoms with E-state index in [9.17, 15) is 0 Å². The molecule has 7 nitrogen and oxygen atoms in total. The average Bonchev–Trinajstić information content (AvgIpc) is 3.01. The molecule has 0 bridgehead atoms. The Balaban J connectivity index is 1.77. The Kier molecular flexibility index (Phi) is 4.38. The van der Waals surface area contributed by atoms with Crippen molar-refractivity contribution in [1.82, 2.24) is 15.0 Å². The van der Waals surface area contributed by atoms with E-state index in [4.69, 9.17) is 10.5 Å². The van der Waals surface area contributed by atoms with Crippen LogP contribution in [-0.2, 0) is 4.74 Å². The summed E-state index contributed by atoms with van der Waals surface area (Å²) in [5, 5.41) is 0. The number of ether oxygens (including phenoxy) is 1. The molecule has 3 rings (SSSR count). The molecule has 7 heteroatoms. The molecule has 21 heavy (non-hydrogen) atoms. The van der Waals surface area contributed by atoms with E-state index in [1.54, 1.807) is 0 Å². The third-order valence-corrected chi connectivity index (χ3v) is 4.08. The van der Waals surface area contributed by atoms with Crippen LogP contribution in [0.1, 0.15) is 32.6 Å². The van der Waals surface area contributed by atoms with Gasteiger partial charge in [0, 0.05) is 32.8 Å². The number of nitrogen functional groups attached to an aromatic ring is 1. The van der Waals surface area contributed by atoms with E-state index in [0.29, 0.717) is 17.8 Å². The lowest BCUT2D eigenvalue weighted by Crippen LogP contribution is -2.41. The van der Waals surface area contributed by atoms with Crippen LogP contribution in [0, 0.1) is 0 Å². The van der Waals surface area contributed by atoms with Gasteiger partial charge in [-0.2, -0.15) is 15.0 Å². The van der Waals surface area contributed by atoms with Crippen molar-refractivity contribution in [2.75, 3.05) is 48.3 Å². The van der Waals surface area contributed by atoms with Gasteiger partial charge in [-0.05, 0) is 32.6 Å². The van der Waals surface area contributed by atoms with Gasteiger partial charge in [0.15, 0.2) is 0 Å². The number of nitrogens with zero attached hydrogens (tertiary/aromatic N) is 5. The highest BCUT2D eigenvalue weighted by atomic mass is 16.5. The van der Waals surface area contributed by atoms with Gasteiger partial charge in [-0.1, -0.05) is 0 Å². The number of rotatable bonds is 4. The molecule has 0 spiro atoms. The van der Waals surface area contributed by atoms with Gasteiger partial charge in [0.2, 0.25) is 17.8 Å². The molecule has 0 radical (unpaired) electrons. The van der Waals surface area contributed by atoms with Gasteiger partial charge in [0.25, 0.3) is 0 Å². The van der Waals surface area contributed by atoms with Crippen LogP contribution in [-0.4, -0.2) is 53.8 Å². The van der Waals surface area contributed by atoms with Gasteiger partial charge in [-0.25, -0.2) is 0 Å². The molecular formula is C14H24N6O. The van der Waals surface area contributed by atoms with Crippen LogP contribution in [0.15, 0.2) is 0 Å². The van der Waals surface area contributed by atoms with E-state index in [-0.39, 0.29) is 6.10 Å². The maximum atomic E-state index is 5.88. The van der Waals surface area contributed by atoms with Gasteiger partial charge in [0.05, 0.1) is 6.10 Å². The predicted molar refractivity (Wildman–Crippen MR) is 82.5 cm³/mol. The highest BCUT2D eigenvalue weighted by Crippen LogP contribution is 2.22. The first-order valence-corrected chi connectivity index (χ1v) is 7.89. The molecule has 1 aromatic heterocycles. The average molecular weight is 292 g/mol. The van der Waals surface area contributed by atoms with Crippen molar-refractivity contribution < 1.29 is 4.74 Å². The van der Waals surface area contributed by atoms with Crippen molar-refractivity contribution in [1.29, 1.82) is 0 Å². The summed E-state index contributed by atoms with van der Waals surface area (Å²) in [5.74, 6) is 1.71. The van der Waals surface area contributed by atoms with Crippen molar-refractivity contribution in [3.05, 3.63) is 0 Å². The van der Waals surface area contributed by atoms with Gasteiger partial charge in [-0.15, -0.1) is 0 Å². The molecule has 1 atom stereocenters. The Labute approximate surface area is 125 Å². The molecule has 2 aliphatic heterocycles. The first-order chi connectivity index (χ1) is 10.3. The summed E-state index contributed by atoms with van der Waals surface area (Å²) in [7, 11) is 0. The largest absolute Gasteiger partial charge is 0.377 e. The number of aromatic nitrogens is 3. The third kappa shape index (κ3) is 3.34. The van der Waals surface area contributed by atoms with E-state index in [0.717, 1.165) is 45.6 Å². The number of nitrogens with two attached hydrogens (primary N) is 1. The summed E-state index contributed by atoms with van der Waals surface area (Å²) in [4.78, 5) is 17.6. The Morgan fingerprint density at radius 1 is 1.05 bits per heavy atom. The molecule has 2 fully saturated rings. The highest BCUT2D eigenvalue weighted by Gasteiger charge is 2.24. The number of hydrogen-bond acceptors (Lipinski definition) is 7. The maximum absolute atomic E-state index is 5.88. The Morgan fingerprint density at radius 2 is 1.71 bits per heavy atom. The second-order valence-electron chi connectivity index (χ2n) is 5.65. The Bertz CT molecular complexity index is 475. The molecule has 1 unspecified atom stereocenters. The summed E-state index contributed by atoms with van der Waals surface area (Å²) < 4.78 is 5.74. The van der Waals surface area contributed by atoms with E-state index in [1.807, 2.05) is 6.92 Å². The zero-order chi connectivity index (χ0) is 14.7. The topological polar surface area (TPSA) is 80.4 Å². The monoisotopic (exact) mass is 292 g/mol. The minimum absolute atomic E-state index is 0.261. The van der Waals surface area contributed by atoms with Crippen molar-refractivity contribution in [2.24, 2.45) is 0 Å². The molecule has 2 N–H and O–H groups in total. The first kappa shape index (κ1) is 14.3. The molecule has 0 aliphatic carbocycles. The van der Waals surface area contributed by atoms with Crippen molar-refractivity contribution >= 4 is 17.8 Å². The predicted octanol–water partition coefficient (Wildman–Crippen LogP) is 1.06. The fraction of sp³-hybridized carbons (Fsp3) is 0.786. The van der Waals surface area contributed by atoms with Crippen molar-refractivity contribution in [3.8, 4) is 0 Å². The normalized spacial score (nSPS) is 22.8. The third-order valence-electron chi connectivity index (χ3n) is 4.08.